The van der Waals surface area contributed by atoms with E-state index in [0.29, 0.717) is 6.04 Å². The van der Waals surface area contributed by atoms with E-state index in [9.17, 15) is 0 Å². The molecule has 1 saturated carbocycles. The Kier molecular flexibility index (Phi) is 4.55. The average molecular weight is 266 g/mol. The zero-order valence-corrected chi connectivity index (χ0v) is 12.4. The first kappa shape index (κ1) is 13.7. The van der Waals surface area contributed by atoms with Crippen LogP contribution in [0.3, 0.4) is 0 Å². The third kappa shape index (κ3) is 3.20. The molecule has 0 amide bonds. The average Bonchev–Trinajstić information content (AvgIpc) is 2.33. The summed E-state index contributed by atoms with van der Waals surface area (Å²) < 4.78 is 0. The quantitative estimate of drug-likeness (QED) is 0.785. The van der Waals surface area contributed by atoms with Crippen molar-refractivity contribution in [3.05, 3.63) is 28.8 Å². The van der Waals surface area contributed by atoms with Crippen molar-refractivity contribution in [2.45, 2.75) is 52.5 Å². The van der Waals surface area contributed by atoms with Crippen molar-refractivity contribution in [1.29, 1.82) is 0 Å². The normalized spacial score (nSPS) is 24.3. The van der Waals surface area contributed by atoms with E-state index in [1.165, 1.54) is 31.2 Å². The van der Waals surface area contributed by atoms with Crippen LogP contribution in [0, 0.1) is 18.8 Å². The van der Waals surface area contributed by atoms with Crippen LogP contribution in [0.1, 0.15) is 45.1 Å². The highest BCUT2D eigenvalue weighted by atomic mass is 35.5. The van der Waals surface area contributed by atoms with Gasteiger partial charge in [-0.15, -0.1) is 0 Å². The second kappa shape index (κ2) is 5.97. The molecule has 2 heteroatoms. The Balaban J connectivity index is 2.11. The SMILES string of the molecule is Cc1ccc(NC2CCCCC2C(C)C)c(Cl)c1. The lowest BCUT2D eigenvalue weighted by molar-refractivity contribution is 0.254. The highest BCUT2D eigenvalue weighted by Gasteiger charge is 2.27. The molecule has 1 aromatic rings. The molecule has 0 heterocycles. The van der Waals surface area contributed by atoms with Gasteiger partial charge in [-0.05, 0) is 49.3 Å². The molecule has 0 aliphatic heterocycles. The third-order valence-electron chi connectivity index (χ3n) is 4.14. The summed E-state index contributed by atoms with van der Waals surface area (Å²) in [5.41, 5.74) is 2.31. The van der Waals surface area contributed by atoms with Crippen molar-refractivity contribution in [2.24, 2.45) is 11.8 Å². The van der Waals surface area contributed by atoms with Crippen molar-refractivity contribution >= 4 is 17.3 Å². The minimum absolute atomic E-state index is 0.582. The summed E-state index contributed by atoms with van der Waals surface area (Å²) in [6.45, 7) is 6.75. The van der Waals surface area contributed by atoms with Crippen LogP contribution < -0.4 is 5.32 Å². The first-order valence-electron chi connectivity index (χ1n) is 7.10. The molecule has 0 saturated heterocycles. The fraction of sp³-hybridized carbons (Fsp3) is 0.625. The zero-order valence-electron chi connectivity index (χ0n) is 11.7. The minimum atomic E-state index is 0.582. The molecule has 2 atom stereocenters. The van der Waals surface area contributed by atoms with Crippen LogP contribution in [-0.2, 0) is 0 Å². The molecule has 0 spiro atoms. The molecular formula is C16H24ClN. The van der Waals surface area contributed by atoms with Crippen molar-refractivity contribution < 1.29 is 0 Å². The molecule has 100 valence electrons. The molecule has 1 N–H and O–H groups in total. The van der Waals surface area contributed by atoms with Crippen LogP contribution >= 0.6 is 11.6 Å². The van der Waals surface area contributed by atoms with Crippen LogP contribution in [0.4, 0.5) is 5.69 Å². The van der Waals surface area contributed by atoms with E-state index in [2.05, 4.69) is 38.2 Å². The second-order valence-electron chi connectivity index (χ2n) is 5.93. The number of anilines is 1. The Morgan fingerprint density at radius 2 is 1.94 bits per heavy atom. The highest BCUT2D eigenvalue weighted by Crippen LogP contribution is 2.34. The molecule has 1 fully saturated rings. The molecule has 18 heavy (non-hydrogen) atoms. The smallest absolute Gasteiger partial charge is 0.0640 e. The number of benzene rings is 1. The van der Waals surface area contributed by atoms with Crippen LogP contribution in [0.2, 0.25) is 5.02 Å². The van der Waals surface area contributed by atoms with Gasteiger partial charge in [0.15, 0.2) is 0 Å². The Hall–Kier alpha value is -0.690. The summed E-state index contributed by atoms with van der Waals surface area (Å²) in [4.78, 5) is 0. The first-order valence-corrected chi connectivity index (χ1v) is 7.48. The van der Waals surface area contributed by atoms with E-state index in [0.717, 1.165) is 22.5 Å². The molecule has 1 aliphatic rings. The molecule has 2 rings (SSSR count). The number of nitrogens with one attached hydrogen (secondary N) is 1. The lowest BCUT2D eigenvalue weighted by Gasteiger charge is -2.35. The van der Waals surface area contributed by atoms with Gasteiger partial charge in [-0.2, -0.15) is 0 Å². The number of rotatable bonds is 3. The standard InChI is InChI=1S/C16H24ClN/c1-11(2)13-6-4-5-7-15(13)18-16-9-8-12(3)10-14(16)17/h8-11,13,15,18H,4-7H2,1-3H3. The fourth-order valence-electron chi connectivity index (χ4n) is 3.07. The number of hydrogen-bond donors (Lipinski definition) is 1. The molecule has 1 nitrogen and oxygen atoms in total. The minimum Gasteiger partial charge on any atom is -0.381 e. The van der Waals surface area contributed by atoms with Gasteiger partial charge in [0.2, 0.25) is 0 Å². The van der Waals surface area contributed by atoms with Gasteiger partial charge in [0.05, 0.1) is 10.7 Å². The van der Waals surface area contributed by atoms with Crippen molar-refractivity contribution in [1.82, 2.24) is 0 Å². The van der Waals surface area contributed by atoms with Gasteiger partial charge in [0.1, 0.15) is 0 Å². The molecular weight excluding hydrogens is 242 g/mol. The maximum absolute atomic E-state index is 6.31. The van der Waals surface area contributed by atoms with Crippen LogP contribution in [0.25, 0.3) is 0 Å². The van der Waals surface area contributed by atoms with E-state index in [1.54, 1.807) is 0 Å². The van der Waals surface area contributed by atoms with Gasteiger partial charge in [0, 0.05) is 6.04 Å². The summed E-state index contributed by atoms with van der Waals surface area (Å²) >= 11 is 6.31. The number of hydrogen-bond acceptors (Lipinski definition) is 1. The first-order chi connectivity index (χ1) is 8.58. The maximum atomic E-state index is 6.31. The van der Waals surface area contributed by atoms with Crippen LogP contribution in [-0.4, -0.2) is 6.04 Å². The predicted octanol–water partition coefficient (Wildman–Crippen LogP) is 5.28. The molecule has 0 aromatic heterocycles. The van der Waals surface area contributed by atoms with E-state index >= 15 is 0 Å². The Bertz CT molecular complexity index is 400. The summed E-state index contributed by atoms with van der Waals surface area (Å²) in [5, 5.41) is 4.53. The lowest BCUT2D eigenvalue weighted by Crippen LogP contribution is -2.35. The summed E-state index contributed by atoms with van der Waals surface area (Å²) in [7, 11) is 0. The molecule has 1 aromatic carbocycles. The highest BCUT2D eigenvalue weighted by molar-refractivity contribution is 6.33. The van der Waals surface area contributed by atoms with E-state index < -0.39 is 0 Å². The van der Waals surface area contributed by atoms with Crippen LogP contribution in [0.5, 0.6) is 0 Å². The van der Waals surface area contributed by atoms with Crippen LogP contribution in [0.15, 0.2) is 18.2 Å². The van der Waals surface area contributed by atoms with Gasteiger partial charge in [-0.1, -0.05) is 44.4 Å². The molecule has 2 unspecified atom stereocenters. The zero-order chi connectivity index (χ0) is 13.1. The largest absolute Gasteiger partial charge is 0.381 e. The number of aryl methyl sites for hydroxylation is 1. The summed E-state index contributed by atoms with van der Waals surface area (Å²) in [6, 6.07) is 6.86. The third-order valence-corrected chi connectivity index (χ3v) is 4.45. The monoisotopic (exact) mass is 265 g/mol. The molecule has 0 bridgehead atoms. The maximum Gasteiger partial charge on any atom is 0.0640 e. The predicted molar refractivity (Wildman–Crippen MR) is 80.4 cm³/mol. The Morgan fingerprint density at radius 3 is 2.61 bits per heavy atom. The Morgan fingerprint density at radius 1 is 1.22 bits per heavy atom. The summed E-state index contributed by atoms with van der Waals surface area (Å²) in [6.07, 6.45) is 5.33. The van der Waals surface area contributed by atoms with Gasteiger partial charge >= 0.3 is 0 Å². The lowest BCUT2D eigenvalue weighted by atomic mass is 9.78. The van der Waals surface area contributed by atoms with Gasteiger partial charge in [0.25, 0.3) is 0 Å². The van der Waals surface area contributed by atoms with E-state index in [-0.39, 0.29) is 0 Å². The van der Waals surface area contributed by atoms with Crippen molar-refractivity contribution in [3.63, 3.8) is 0 Å². The van der Waals surface area contributed by atoms with Crippen molar-refractivity contribution in [3.8, 4) is 0 Å². The Labute approximate surface area is 116 Å². The van der Waals surface area contributed by atoms with Gasteiger partial charge < -0.3 is 5.32 Å². The molecule has 0 radical (unpaired) electrons. The van der Waals surface area contributed by atoms with Gasteiger partial charge in [-0.25, -0.2) is 0 Å². The summed E-state index contributed by atoms with van der Waals surface area (Å²) in [5.74, 6) is 1.52. The fourth-order valence-corrected chi connectivity index (χ4v) is 3.36. The number of halogens is 1. The van der Waals surface area contributed by atoms with Crippen molar-refractivity contribution in [2.75, 3.05) is 5.32 Å². The molecule has 1 aliphatic carbocycles. The van der Waals surface area contributed by atoms with Gasteiger partial charge in [-0.3, -0.25) is 0 Å². The second-order valence-corrected chi connectivity index (χ2v) is 6.33. The topological polar surface area (TPSA) is 12.0 Å². The van der Waals surface area contributed by atoms with E-state index in [4.69, 9.17) is 11.6 Å². The van der Waals surface area contributed by atoms with E-state index in [1.807, 2.05) is 6.07 Å².